The van der Waals surface area contributed by atoms with Crippen LogP contribution in [0, 0.1) is 0 Å². The maximum absolute atomic E-state index is 2.39. The minimum absolute atomic E-state index is 1.11. The van der Waals surface area contributed by atoms with Gasteiger partial charge in [0.05, 0.1) is 5.69 Å². The molecule has 1 heterocycles. The number of anilines is 3. The SMILES string of the molecule is c1ccc(-c2ccc(N(c3ccc(-c4ccc(-c5ccc6ccccc6c5)cc4)cc3)c3ccccc3-c3ccc4c(c3)sc3ccccc34)cc2)cc1. The Kier molecular flexibility index (Phi) is 8.09. The van der Waals surface area contributed by atoms with Gasteiger partial charge in [-0.25, -0.2) is 0 Å². The van der Waals surface area contributed by atoms with Crippen molar-refractivity contribution in [2.24, 2.45) is 0 Å². The molecule has 0 N–H and O–H groups in total. The number of nitrogens with zero attached hydrogens (tertiary/aromatic N) is 1. The zero-order valence-corrected chi connectivity index (χ0v) is 30.4. The van der Waals surface area contributed by atoms with Crippen LogP contribution in [0.25, 0.3) is 75.5 Å². The first kappa shape index (κ1) is 32.0. The number of hydrogen-bond donors (Lipinski definition) is 0. The number of fused-ring (bicyclic) bond motifs is 4. The van der Waals surface area contributed by atoms with Crippen LogP contribution in [-0.4, -0.2) is 0 Å². The second-order valence-electron chi connectivity index (χ2n) is 13.8. The summed E-state index contributed by atoms with van der Waals surface area (Å²) in [6.45, 7) is 0. The molecule has 10 aromatic rings. The van der Waals surface area contributed by atoms with E-state index in [2.05, 4.69) is 217 Å². The van der Waals surface area contributed by atoms with Crippen molar-refractivity contribution in [3.05, 3.63) is 212 Å². The van der Waals surface area contributed by atoms with Crippen LogP contribution in [0.1, 0.15) is 0 Å². The molecular formula is C52H35NS. The molecule has 0 fully saturated rings. The van der Waals surface area contributed by atoms with E-state index in [0.29, 0.717) is 0 Å². The van der Waals surface area contributed by atoms with Gasteiger partial charge in [-0.3, -0.25) is 0 Å². The van der Waals surface area contributed by atoms with Crippen molar-refractivity contribution in [1.82, 2.24) is 0 Å². The molecule has 0 unspecified atom stereocenters. The monoisotopic (exact) mass is 705 g/mol. The van der Waals surface area contributed by atoms with E-state index in [1.807, 2.05) is 11.3 Å². The fourth-order valence-electron chi connectivity index (χ4n) is 7.69. The van der Waals surface area contributed by atoms with Crippen LogP contribution in [0.15, 0.2) is 212 Å². The third kappa shape index (κ3) is 5.93. The van der Waals surface area contributed by atoms with E-state index in [9.17, 15) is 0 Å². The van der Waals surface area contributed by atoms with E-state index in [1.54, 1.807) is 0 Å². The number of para-hydroxylation sites is 1. The third-order valence-corrected chi connectivity index (χ3v) is 11.6. The summed E-state index contributed by atoms with van der Waals surface area (Å²) in [5, 5.41) is 5.15. The molecule has 10 rings (SSSR count). The van der Waals surface area contributed by atoms with Crippen LogP contribution < -0.4 is 4.90 Å². The van der Waals surface area contributed by atoms with Crippen molar-refractivity contribution in [3.63, 3.8) is 0 Å². The third-order valence-electron chi connectivity index (χ3n) is 10.5. The molecule has 9 aromatic carbocycles. The van der Waals surface area contributed by atoms with E-state index in [-0.39, 0.29) is 0 Å². The smallest absolute Gasteiger partial charge is 0.0540 e. The van der Waals surface area contributed by atoms with Crippen LogP contribution in [0.3, 0.4) is 0 Å². The number of benzene rings is 9. The molecule has 54 heavy (non-hydrogen) atoms. The molecule has 0 spiro atoms. The maximum Gasteiger partial charge on any atom is 0.0540 e. The Balaban J connectivity index is 1.03. The second-order valence-corrected chi connectivity index (χ2v) is 14.8. The Morgan fingerprint density at radius 3 is 1.52 bits per heavy atom. The lowest BCUT2D eigenvalue weighted by molar-refractivity contribution is 1.28. The Hall–Kier alpha value is -6.74. The lowest BCUT2D eigenvalue weighted by Gasteiger charge is -2.28. The van der Waals surface area contributed by atoms with E-state index >= 15 is 0 Å². The van der Waals surface area contributed by atoms with Gasteiger partial charge in [-0.15, -0.1) is 11.3 Å². The fourth-order valence-corrected chi connectivity index (χ4v) is 8.84. The van der Waals surface area contributed by atoms with Crippen LogP contribution in [-0.2, 0) is 0 Å². The second kappa shape index (κ2) is 13.7. The average molecular weight is 706 g/mol. The van der Waals surface area contributed by atoms with Gasteiger partial charge in [0.1, 0.15) is 0 Å². The topological polar surface area (TPSA) is 3.24 Å². The zero-order chi connectivity index (χ0) is 35.8. The van der Waals surface area contributed by atoms with Crippen LogP contribution in [0.4, 0.5) is 17.1 Å². The summed E-state index contributed by atoms with van der Waals surface area (Å²) in [5.41, 5.74) is 13.0. The molecule has 2 heteroatoms. The molecule has 1 aromatic heterocycles. The molecule has 254 valence electrons. The van der Waals surface area contributed by atoms with Gasteiger partial charge in [0.15, 0.2) is 0 Å². The number of rotatable bonds is 7. The first-order valence-corrected chi connectivity index (χ1v) is 19.2. The summed E-state index contributed by atoms with van der Waals surface area (Å²) >= 11 is 1.86. The standard InChI is InChI=1S/C52H35NS/c1-2-10-36(11-3-1)39-24-29-45(30-25-39)53(50-16-8-6-14-47(50)44-28-33-49-48-15-7-9-17-51(48)54-52(49)35-44)46-31-26-40(27-32-46)38-18-20-41(21-19-38)43-23-22-37-12-4-5-13-42(37)34-43/h1-35H. The maximum atomic E-state index is 2.39. The normalized spacial score (nSPS) is 11.3. The summed E-state index contributed by atoms with van der Waals surface area (Å²) in [4.78, 5) is 2.39. The van der Waals surface area contributed by atoms with Crippen molar-refractivity contribution < 1.29 is 0 Å². The van der Waals surface area contributed by atoms with Gasteiger partial charge < -0.3 is 4.90 Å². The highest BCUT2D eigenvalue weighted by Gasteiger charge is 2.18. The average Bonchev–Trinajstić information content (AvgIpc) is 3.63. The molecule has 0 saturated carbocycles. The lowest BCUT2D eigenvalue weighted by atomic mass is 9.98. The molecule has 0 radical (unpaired) electrons. The van der Waals surface area contributed by atoms with Gasteiger partial charge >= 0.3 is 0 Å². The number of thiophene rings is 1. The largest absolute Gasteiger partial charge is 0.310 e. The van der Waals surface area contributed by atoms with Crippen molar-refractivity contribution >= 4 is 59.3 Å². The van der Waals surface area contributed by atoms with E-state index in [4.69, 9.17) is 0 Å². The molecule has 0 aliphatic carbocycles. The van der Waals surface area contributed by atoms with Gasteiger partial charge in [0, 0.05) is 37.1 Å². The molecule has 0 bridgehead atoms. The summed E-state index contributed by atoms with van der Waals surface area (Å²) in [7, 11) is 0. The molecule has 1 nitrogen and oxygen atoms in total. The Morgan fingerprint density at radius 1 is 0.296 bits per heavy atom. The van der Waals surface area contributed by atoms with E-state index in [1.165, 1.54) is 75.5 Å². The Bertz CT molecular complexity index is 2900. The summed E-state index contributed by atoms with van der Waals surface area (Å²) in [6, 6.07) is 77.1. The highest BCUT2D eigenvalue weighted by Crippen LogP contribution is 2.44. The minimum atomic E-state index is 1.11. The lowest BCUT2D eigenvalue weighted by Crippen LogP contribution is -2.11. The summed E-state index contributed by atoms with van der Waals surface area (Å²) < 4.78 is 2.62. The molecule has 0 aliphatic heterocycles. The van der Waals surface area contributed by atoms with Gasteiger partial charge in [0.2, 0.25) is 0 Å². The Labute approximate surface area is 319 Å². The highest BCUT2D eigenvalue weighted by atomic mass is 32.1. The van der Waals surface area contributed by atoms with Crippen molar-refractivity contribution in [1.29, 1.82) is 0 Å². The van der Waals surface area contributed by atoms with E-state index in [0.717, 1.165) is 17.1 Å². The van der Waals surface area contributed by atoms with Crippen molar-refractivity contribution in [3.8, 4) is 44.5 Å². The van der Waals surface area contributed by atoms with Gasteiger partial charge in [-0.1, -0.05) is 164 Å². The quantitative estimate of drug-likeness (QED) is 0.160. The van der Waals surface area contributed by atoms with Crippen molar-refractivity contribution in [2.45, 2.75) is 0 Å². The molecule has 0 amide bonds. The molecule has 0 aliphatic rings. The van der Waals surface area contributed by atoms with Crippen LogP contribution in [0.2, 0.25) is 0 Å². The zero-order valence-electron chi connectivity index (χ0n) is 29.6. The predicted octanol–water partition coefficient (Wildman–Crippen LogP) is 15.3. The molecule has 0 saturated heterocycles. The number of hydrogen-bond acceptors (Lipinski definition) is 2. The van der Waals surface area contributed by atoms with Crippen LogP contribution >= 0.6 is 11.3 Å². The van der Waals surface area contributed by atoms with Gasteiger partial charge in [-0.05, 0) is 98.2 Å². The van der Waals surface area contributed by atoms with Crippen LogP contribution in [0.5, 0.6) is 0 Å². The minimum Gasteiger partial charge on any atom is -0.310 e. The van der Waals surface area contributed by atoms with E-state index < -0.39 is 0 Å². The summed E-state index contributed by atoms with van der Waals surface area (Å²) in [5.74, 6) is 0. The van der Waals surface area contributed by atoms with Gasteiger partial charge in [-0.2, -0.15) is 0 Å². The van der Waals surface area contributed by atoms with Gasteiger partial charge in [0.25, 0.3) is 0 Å². The first-order valence-electron chi connectivity index (χ1n) is 18.4. The summed E-state index contributed by atoms with van der Waals surface area (Å²) in [6.07, 6.45) is 0. The van der Waals surface area contributed by atoms with Crippen molar-refractivity contribution in [2.75, 3.05) is 4.90 Å². The highest BCUT2D eigenvalue weighted by molar-refractivity contribution is 7.25. The molecule has 0 atom stereocenters. The fraction of sp³-hybridized carbons (Fsp3) is 0. The molecular weight excluding hydrogens is 671 g/mol. The Morgan fingerprint density at radius 2 is 0.796 bits per heavy atom. The predicted molar refractivity (Wildman–Crippen MR) is 233 cm³/mol. The first-order chi connectivity index (χ1) is 26.7.